The number of nitrogens with two attached hydrogens (primary N) is 1. The first-order valence-corrected chi connectivity index (χ1v) is 8.82. The maximum Gasteiger partial charge on any atom is 0.402 e. The van der Waals surface area contributed by atoms with Crippen LogP contribution in [0.2, 0.25) is 0 Å². The molecule has 1 fully saturated rings. The summed E-state index contributed by atoms with van der Waals surface area (Å²) in [5.74, 6) is -0.157. The quantitative estimate of drug-likeness (QED) is 0.788. The number of carbonyl (C=O) groups is 1. The van der Waals surface area contributed by atoms with E-state index in [0.29, 0.717) is 4.31 Å². The highest BCUT2D eigenvalue weighted by molar-refractivity contribution is 7.88. The van der Waals surface area contributed by atoms with Gasteiger partial charge < -0.3 is 10.6 Å². The van der Waals surface area contributed by atoms with Crippen molar-refractivity contribution < 1.29 is 26.4 Å². The van der Waals surface area contributed by atoms with Gasteiger partial charge in [-0.05, 0) is 19.8 Å². The molecule has 0 aromatic rings. The number of likely N-dealkylation sites (tertiary alicyclic amines) is 1. The molecule has 0 spiro atoms. The third-order valence-corrected chi connectivity index (χ3v) is 4.76. The zero-order valence-electron chi connectivity index (χ0n) is 12.6. The smallest absolute Gasteiger partial charge is 0.343 e. The van der Waals surface area contributed by atoms with Crippen LogP contribution in [0.4, 0.5) is 13.2 Å². The molecule has 1 atom stereocenters. The normalized spacial score (nSPS) is 19.5. The van der Waals surface area contributed by atoms with Crippen molar-refractivity contribution in [2.24, 2.45) is 5.73 Å². The Hall–Kier alpha value is -0.870. The molecule has 1 saturated heterocycles. The minimum Gasteiger partial charge on any atom is -0.343 e. The molecule has 6 nitrogen and oxygen atoms in total. The molecule has 1 amide bonds. The van der Waals surface area contributed by atoms with Crippen LogP contribution in [-0.4, -0.2) is 67.7 Å². The number of hydrogen-bond acceptors (Lipinski definition) is 4. The average molecular weight is 345 g/mol. The summed E-state index contributed by atoms with van der Waals surface area (Å²) in [7, 11) is -3.96. The first-order chi connectivity index (χ1) is 9.90. The molecule has 130 valence electrons. The Morgan fingerprint density at radius 3 is 2.23 bits per heavy atom. The van der Waals surface area contributed by atoms with E-state index < -0.39 is 28.8 Å². The maximum atomic E-state index is 12.6. The van der Waals surface area contributed by atoms with Crippen molar-refractivity contribution in [3.05, 3.63) is 0 Å². The molecule has 22 heavy (non-hydrogen) atoms. The van der Waals surface area contributed by atoms with E-state index >= 15 is 0 Å². The van der Waals surface area contributed by atoms with Gasteiger partial charge in [-0.25, -0.2) is 8.42 Å². The highest BCUT2D eigenvalue weighted by Crippen LogP contribution is 2.25. The summed E-state index contributed by atoms with van der Waals surface area (Å²) in [5.41, 5.74) is 5.54. The van der Waals surface area contributed by atoms with Gasteiger partial charge in [0.15, 0.2) is 0 Å². The Labute approximate surface area is 128 Å². The van der Waals surface area contributed by atoms with Gasteiger partial charge in [0.2, 0.25) is 15.9 Å². The van der Waals surface area contributed by atoms with Crippen molar-refractivity contribution in [3.8, 4) is 0 Å². The van der Waals surface area contributed by atoms with Crippen LogP contribution in [-0.2, 0) is 14.8 Å². The Morgan fingerprint density at radius 2 is 1.86 bits per heavy atom. The van der Waals surface area contributed by atoms with Crippen molar-refractivity contribution >= 4 is 15.9 Å². The van der Waals surface area contributed by atoms with E-state index in [1.807, 2.05) is 0 Å². The van der Waals surface area contributed by atoms with Gasteiger partial charge in [0.1, 0.15) is 6.54 Å². The third-order valence-electron chi connectivity index (χ3n) is 3.48. The minimum absolute atomic E-state index is 0.157. The van der Waals surface area contributed by atoms with Crippen molar-refractivity contribution in [2.75, 3.05) is 25.9 Å². The zero-order valence-corrected chi connectivity index (χ0v) is 13.5. The summed E-state index contributed by atoms with van der Waals surface area (Å²) in [5, 5.41) is 0. The summed E-state index contributed by atoms with van der Waals surface area (Å²) in [6.45, 7) is 0.670. The maximum absolute atomic E-state index is 12.6. The van der Waals surface area contributed by atoms with Crippen LogP contribution in [0.5, 0.6) is 0 Å². The molecule has 1 aliphatic rings. The number of rotatable bonds is 5. The lowest BCUT2D eigenvalue weighted by molar-refractivity contribution is -0.143. The molecule has 10 heteroatoms. The van der Waals surface area contributed by atoms with E-state index in [9.17, 15) is 26.4 Å². The monoisotopic (exact) mass is 345 g/mol. The first kappa shape index (κ1) is 19.2. The van der Waals surface area contributed by atoms with Gasteiger partial charge in [-0.15, -0.1) is 0 Å². The summed E-state index contributed by atoms with van der Waals surface area (Å²) >= 11 is 0. The predicted molar refractivity (Wildman–Crippen MR) is 75.5 cm³/mol. The molecule has 1 unspecified atom stereocenters. The van der Waals surface area contributed by atoms with Gasteiger partial charge in [0, 0.05) is 31.6 Å². The molecule has 0 aromatic heterocycles. The minimum atomic E-state index is -4.59. The largest absolute Gasteiger partial charge is 0.402 e. The summed E-state index contributed by atoms with van der Waals surface area (Å²) in [4.78, 5) is 13.4. The van der Waals surface area contributed by atoms with Crippen LogP contribution in [0.15, 0.2) is 0 Å². The number of piperidine rings is 1. The second kappa shape index (κ2) is 7.14. The molecule has 0 radical (unpaired) electrons. The number of amides is 1. The number of hydrogen-bond donors (Lipinski definition) is 1. The van der Waals surface area contributed by atoms with Gasteiger partial charge in [-0.2, -0.15) is 17.5 Å². The number of nitrogens with zero attached hydrogens (tertiary/aromatic N) is 2. The van der Waals surface area contributed by atoms with Crippen molar-refractivity contribution in [3.63, 3.8) is 0 Å². The van der Waals surface area contributed by atoms with Crippen LogP contribution >= 0.6 is 0 Å². The zero-order chi connectivity index (χ0) is 17.1. The van der Waals surface area contributed by atoms with Crippen LogP contribution < -0.4 is 5.73 Å². The third kappa shape index (κ3) is 6.09. The van der Waals surface area contributed by atoms with Gasteiger partial charge in [0.25, 0.3) is 0 Å². The molecule has 0 aromatic carbocycles. The first-order valence-electron chi connectivity index (χ1n) is 6.97. The second-order valence-corrected chi connectivity index (χ2v) is 7.65. The summed E-state index contributed by atoms with van der Waals surface area (Å²) in [6, 6.07) is -1.03. The summed E-state index contributed by atoms with van der Waals surface area (Å²) in [6.07, 6.45) is -3.28. The number of halogens is 3. The molecule has 0 bridgehead atoms. The number of alkyl halides is 3. The fraction of sp³-hybridized carbons (Fsp3) is 0.917. The molecule has 0 aliphatic carbocycles. The number of carbonyl (C=O) groups excluding carboxylic acids is 1. The van der Waals surface area contributed by atoms with E-state index in [1.165, 1.54) is 4.90 Å². The molecule has 1 rings (SSSR count). The van der Waals surface area contributed by atoms with Crippen LogP contribution in [0.25, 0.3) is 0 Å². The average Bonchev–Trinajstić information content (AvgIpc) is 2.33. The van der Waals surface area contributed by atoms with Gasteiger partial charge in [-0.1, -0.05) is 0 Å². The molecular weight excluding hydrogens is 323 g/mol. The van der Waals surface area contributed by atoms with Gasteiger partial charge >= 0.3 is 6.18 Å². The molecule has 1 aliphatic heterocycles. The topological polar surface area (TPSA) is 83.7 Å². The lowest BCUT2D eigenvalue weighted by Gasteiger charge is -2.37. The fourth-order valence-corrected chi connectivity index (χ4v) is 3.63. The van der Waals surface area contributed by atoms with Crippen LogP contribution in [0, 0.1) is 0 Å². The van der Waals surface area contributed by atoms with Gasteiger partial charge in [-0.3, -0.25) is 4.79 Å². The molecule has 1 heterocycles. The number of sulfonamides is 1. The van der Waals surface area contributed by atoms with Crippen molar-refractivity contribution in [2.45, 2.75) is 44.4 Å². The molecule has 2 N–H and O–H groups in total. The summed E-state index contributed by atoms with van der Waals surface area (Å²) < 4.78 is 61.3. The standard InChI is InChI=1S/C12H22F3N3O3S/c1-9(16)7-11(19)17-5-3-10(4-6-17)18(22(2,20)21)8-12(13,14)15/h9-10H,3-8,16H2,1-2H3. The van der Waals surface area contributed by atoms with E-state index in [2.05, 4.69) is 0 Å². The van der Waals surface area contributed by atoms with Gasteiger partial charge in [0.05, 0.1) is 6.26 Å². The Morgan fingerprint density at radius 1 is 1.36 bits per heavy atom. The fourth-order valence-electron chi connectivity index (χ4n) is 2.50. The van der Waals surface area contributed by atoms with E-state index in [0.717, 1.165) is 6.26 Å². The second-order valence-electron chi connectivity index (χ2n) is 5.72. The Balaban J connectivity index is 2.69. The lowest BCUT2D eigenvalue weighted by atomic mass is 10.0. The van der Waals surface area contributed by atoms with E-state index in [4.69, 9.17) is 5.73 Å². The van der Waals surface area contributed by atoms with Crippen molar-refractivity contribution in [1.82, 2.24) is 9.21 Å². The van der Waals surface area contributed by atoms with Crippen molar-refractivity contribution in [1.29, 1.82) is 0 Å². The highest BCUT2D eigenvalue weighted by Gasteiger charge is 2.39. The molecule has 0 saturated carbocycles. The highest BCUT2D eigenvalue weighted by atomic mass is 32.2. The Bertz CT molecular complexity index is 486. The SMILES string of the molecule is CC(N)CC(=O)N1CCC(N(CC(F)(F)F)S(C)(=O)=O)CC1. The van der Waals surface area contributed by atoms with E-state index in [1.54, 1.807) is 6.92 Å². The molecular formula is C12H22F3N3O3S. The Kier molecular flexibility index (Phi) is 6.22. The predicted octanol–water partition coefficient (Wildman–Crippen LogP) is 0.539. The van der Waals surface area contributed by atoms with Crippen LogP contribution in [0.3, 0.4) is 0 Å². The van der Waals surface area contributed by atoms with Crippen LogP contribution in [0.1, 0.15) is 26.2 Å². The van der Waals surface area contributed by atoms with E-state index in [-0.39, 0.29) is 44.3 Å². The lowest BCUT2D eigenvalue weighted by Crippen LogP contribution is -2.51.